The molecule has 0 fully saturated rings. The fourth-order valence-electron chi connectivity index (χ4n) is 2.35. The van der Waals surface area contributed by atoms with Gasteiger partial charge in [0.05, 0.1) is 11.3 Å². The van der Waals surface area contributed by atoms with Crippen LogP contribution in [0.4, 0.5) is 0 Å². The zero-order valence-electron chi connectivity index (χ0n) is 11.4. The minimum Gasteiger partial charge on any atom is -0.452 e. The molecule has 0 aliphatic heterocycles. The summed E-state index contributed by atoms with van der Waals surface area (Å²) in [6.07, 6.45) is 1.72. The summed E-state index contributed by atoms with van der Waals surface area (Å²) in [7, 11) is 1.80. The summed E-state index contributed by atoms with van der Waals surface area (Å²) in [5, 5.41) is 5.15. The van der Waals surface area contributed by atoms with E-state index >= 15 is 0 Å². The molecule has 5 heteroatoms. The Labute approximate surface area is 124 Å². The van der Waals surface area contributed by atoms with Crippen molar-refractivity contribution in [1.82, 2.24) is 9.78 Å². The number of fused-ring (bicyclic) bond motifs is 1. The SMILES string of the molecule is Cc1nn(C)cc1C(=O)c1oc2ccc(Br)cc2c1C. The molecule has 3 rings (SSSR count). The van der Waals surface area contributed by atoms with E-state index < -0.39 is 0 Å². The maximum Gasteiger partial charge on any atom is 0.231 e. The number of carbonyl (C=O) groups is 1. The summed E-state index contributed by atoms with van der Waals surface area (Å²) >= 11 is 3.43. The molecular weight excluding hydrogens is 320 g/mol. The molecule has 3 aromatic rings. The number of ketones is 1. The van der Waals surface area contributed by atoms with Gasteiger partial charge in [0.25, 0.3) is 0 Å². The van der Waals surface area contributed by atoms with Crippen LogP contribution in [0.2, 0.25) is 0 Å². The van der Waals surface area contributed by atoms with Crippen LogP contribution in [0.5, 0.6) is 0 Å². The van der Waals surface area contributed by atoms with E-state index in [-0.39, 0.29) is 5.78 Å². The van der Waals surface area contributed by atoms with E-state index in [0.717, 1.165) is 21.0 Å². The average Bonchev–Trinajstić information content (AvgIpc) is 2.90. The normalized spacial score (nSPS) is 11.2. The van der Waals surface area contributed by atoms with Crippen molar-refractivity contribution in [3.05, 3.63) is 51.4 Å². The van der Waals surface area contributed by atoms with Gasteiger partial charge in [0, 0.05) is 28.7 Å². The van der Waals surface area contributed by atoms with Crippen molar-refractivity contribution in [2.24, 2.45) is 7.05 Å². The van der Waals surface area contributed by atoms with Gasteiger partial charge in [0.2, 0.25) is 5.78 Å². The summed E-state index contributed by atoms with van der Waals surface area (Å²) in [5.41, 5.74) is 2.86. The van der Waals surface area contributed by atoms with E-state index in [1.54, 1.807) is 17.9 Å². The van der Waals surface area contributed by atoms with Gasteiger partial charge in [-0.2, -0.15) is 5.10 Å². The second-order valence-corrected chi connectivity index (χ2v) is 5.74. The van der Waals surface area contributed by atoms with Crippen LogP contribution in [-0.2, 0) is 7.05 Å². The number of carbonyl (C=O) groups excluding carboxylic acids is 1. The van der Waals surface area contributed by atoms with E-state index in [0.29, 0.717) is 17.0 Å². The minimum atomic E-state index is -0.125. The van der Waals surface area contributed by atoms with Gasteiger partial charge in [0.1, 0.15) is 5.58 Å². The van der Waals surface area contributed by atoms with E-state index in [1.807, 2.05) is 32.0 Å². The number of hydrogen-bond acceptors (Lipinski definition) is 3. The summed E-state index contributed by atoms with van der Waals surface area (Å²) in [4.78, 5) is 12.6. The number of aromatic nitrogens is 2. The highest BCUT2D eigenvalue weighted by Gasteiger charge is 2.22. The summed E-state index contributed by atoms with van der Waals surface area (Å²) in [5.74, 6) is 0.259. The first kappa shape index (κ1) is 13.1. The third kappa shape index (κ3) is 1.98. The Hall–Kier alpha value is -1.88. The minimum absolute atomic E-state index is 0.125. The first-order chi connectivity index (χ1) is 9.47. The first-order valence-corrected chi connectivity index (χ1v) is 7.00. The molecule has 1 aromatic carbocycles. The first-order valence-electron chi connectivity index (χ1n) is 6.21. The fraction of sp³-hybridized carbons (Fsp3) is 0.200. The molecule has 20 heavy (non-hydrogen) atoms. The van der Waals surface area contributed by atoms with Crippen LogP contribution in [0.25, 0.3) is 11.0 Å². The Balaban J connectivity index is 2.17. The lowest BCUT2D eigenvalue weighted by molar-refractivity contribution is 0.101. The molecule has 0 N–H and O–H groups in total. The molecule has 0 aliphatic carbocycles. The van der Waals surface area contributed by atoms with E-state index in [2.05, 4.69) is 21.0 Å². The van der Waals surface area contributed by atoms with Crippen LogP contribution in [0.15, 0.2) is 33.3 Å². The monoisotopic (exact) mass is 332 g/mol. The lowest BCUT2D eigenvalue weighted by Gasteiger charge is -1.96. The van der Waals surface area contributed by atoms with Crippen LogP contribution in [0.3, 0.4) is 0 Å². The van der Waals surface area contributed by atoms with Crippen LogP contribution >= 0.6 is 15.9 Å². The van der Waals surface area contributed by atoms with Gasteiger partial charge in [-0.25, -0.2) is 0 Å². The summed E-state index contributed by atoms with van der Waals surface area (Å²) in [6.45, 7) is 3.72. The van der Waals surface area contributed by atoms with Crippen LogP contribution in [-0.4, -0.2) is 15.6 Å². The number of benzene rings is 1. The highest BCUT2D eigenvalue weighted by molar-refractivity contribution is 9.10. The van der Waals surface area contributed by atoms with Crippen molar-refractivity contribution in [2.75, 3.05) is 0 Å². The molecule has 0 unspecified atom stereocenters. The van der Waals surface area contributed by atoms with Gasteiger partial charge in [-0.3, -0.25) is 9.48 Å². The predicted molar refractivity (Wildman–Crippen MR) is 80.0 cm³/mol. The molecular formula is C15H13BrN2O2. The maximum atomic E-state index is 12.6. The largest absolute Gasteiger partial charge is 0.452 e. The number of nitrogens with zero attached hydrogens (tertiary/aromatic N) is 2. The molecule has 102 valence electrons. The maximum absolute atomic E-state index is 12.6. The van der Waals surface area contributed by atoms with Crippen LogP contribution in [0.1, 0.15) is 27.4 Å². The van der Waals surface area contributed by atoms with E-state index in [4.69, 9.17) is 4.42 Å². The van der Waals surface area contributed by atoms with Crippen LogP contribution < -0.4 is 0 Å². The molecule has 0 atom stereocenters. The smallest absolute Gasteiger partial charge is 0.231 e. The Morgan fingerprint density at radius 2 is 2.10 bits per heavy atom. The molecule has 0 saturated heterocycles. The summed E-state index contributed by atoms with van der Waals surface area (Å²) < 4.78 is 8.33. The van der Waals surface area contributed by atoms with Gasteiger partial charge >= 0.3 is 0 Å². The zero-order valence-corrected chi connectivity index (χ0v) is 13.0. The van der Waals surface area contributed by atoms with E-state index in [9.17, 15) is 4.79 Å². The van der Waals surface area contributed by atoms with Gasteiger partial charge in [-0.1, -0.05) is 15.9 Å². The third-order valence-corrected chi connectivity index (χ3v) is 3.86. The standard InChI is InChI=1S/C15H13BrN2O2/c1-8-11-6-10(16)4-5-13(11)20-15(8)14(19)12-7-18(3)17-9(12)2/h4-7H,1-3H3. The quantitative estimate of drug-likeness (QED) is 0.671. The van der Waals surface area contributed by atoms with Gasteiger partial charge in [0.15, 0.2) is 5.76 Å². The van der Waals surface area contributed by atoms with Crippen molar-refractivity contribution in [3.8, 4) is 0 Å². The molecule has 0 aliphatic rings. The third-order valence-electron chi connectivity index (χ3n) is 3.36. The molecule has 0 saturated carbocycles. The number of aryl methyl sites for hydroxylation is 3. The van der Waals surface area contributed by atoms with Crippen molar-refractivity contribution >= 4 is 32.7 Å². The van der Waals surface area contributed by atoms with Crippen LogP contribution in [0, 0.1) is 13.8 Å². The second kappa shape index (κ2) is 4.59. The van der Waals surface area contributed by atoms with Crippen molar-refractivity contribution < 1.29 is 9.21 Å². The number of rotatable bonds is 2. The van der Waals surface area contributed by atoms with Gasteiger partial charge in [-0.05, 0) is 32.0 Å². The molecule has 4 nitrogen and oxygen atoms in total. The molecule has 2 heterocycles. The Kier molecular flexibility index (Phi) is 3.01. The highest BCUT2D eigenvalue weighted by atomic mass is 79.9. The number of furan rings is 1. The van der Waals surface area contributed by atoms with Crippen molar-refractivity contribution in [2.45, 2.75) is 13.8 Å². The lowest BCUT2D eigenvalue weighted by atomic mass is 10.1. The van der Waals surface area contributed by atoms with Crippen molar-refractivity contribution in [1.29, 1.82) is 0 Å². The fourth-order valence-corrected chi connectivity index (χ4v) is 2.72. The molecule has 0 bridgehead atoms. The van der Waals surface area contributed by atoms with Gasteiger partial charge in [-0.15, -0.1) is 0 Å². The Morgan fingerprint density at radius 3 is 2.75 bits per heavy atom. The van der Waals surface area contributed by atoms with Gasteiger partial charge < -0.3 is 4.42 Å². The molecule has 2 aromatic heterocycles. The lowest BCUT2D eigenvalue weighted by Crippen LogP contribution is -2.02. The number of halogens is 1. The van der Waals surface area contributed by atoms with Crippen molar-refractivity contribution in [3.63, 3.8) is 0 Å². The Bertz CT molecular complexity index is 830. The predicted octanol–water partition coefficient (Wildman–Crippen LogP) is 3.78. The second-order valence-electron chi connectivity index (χ2n) is 4.83. The highest BCUT2D eigenvalue weighted by Crippen LogP contribution is 2.29. The average molecular weight is 333 g/mol. The molecule has 0 amide bonds. The van der Waals surface area contributed by atoms with E-state index in [1.165, 1.54) is 0 Å². The number of hydrogen-bond donors (Lipinski definition) is 0. The Morgan fingerprint density at radius 1 is 1.35 bits per heavy atom. The molecule has 0 radical (unpaired) electrons. The summed E-state index contributed by atoms with van der Waals surface area (Å²) in [6, 6.07) is 5.72. The molecule has 0 spiro atoms. The zero-order chi connectivity index (χ0) is 14.4. The topological polar surface area (TPSA) is 48.0 Å².